The van der Waals surface area contributed by atoms with Gasteiger partial charge in [0.15, 0.2) is 15.0 Å². The van der Waals surface area contributed by atoms with Crippen molar-refractivity contribution in [1.82, 2.24) is 14.8 Å². The Morgan fingerprint density at radius 3 is 2.38 bits per heavy atom. The highest BCUT2D eigenvalue weighted by Crippen LogP contribution is 2.25. The van der Waals surface area contributed by atoms with E-state index in [1.165, 1.54) is 11.1 Å². The molecular formula is C19H21N3O2S2. The Labute approximate surface area is 158 Å². The highest BCUT2D eigenvalue weighted by Gasteiger charge is 2.21. The van der Waals surface area contributed by atoms with Gasteiger partial charge in [0.25, 0.3) is 0 Å². The van der Waals surface area contributed by atoms with Crippen molar-refractivity contribution >= 4 is 21.6 Å². The first-order valence-electron chi connectivity index (χ1n) is 8.38. The molecule has 5 nitrogen and oxygen atoms in total. The number of thioether (sulfide) groups is 1. The summed E-state index contributed by atoms with van der Waals surface area (Å²) in [5.74, 6) is 1.10. The van der Waals surface area contributed by atoms with E-state index in [9.17, 15) is 8.42 Å². The molecule has 136 valence electrons. The van der Waals surface area contributed by atoms with Gasteiger partial charge in [0.1, 0.15) is 11.6 Å². The zero-order chi connectivity index (χ0) is 18.6. The van der Waals surface area contributed by atoms with Crippen molar-refractivity contribution in [3.8, 4) is 0 Å². The number of sulfone groups is 1. The quantitative estimate of drug-likeness (QED) is 0.576. The molecule has 0 aliphatic heterocycles. The minimum atomic E-state index is -3.44. The minimum Gasteiger partial charge on any atom is -0.305 e. The van der Waals surface area contributed by atoms with Crippen LogP contribution in [0.1, 0.15) is 23.9 Å². The van der Waals surface area contributed by atoms with Crippen LogP contribution in [0.15, 0.2) is 64.6 Å². The first-order chi connectivity index (χ1) is 12.5. The summed E-state index contributed by atoms with van der Waals surface area (Å²) in [6, 6.07) is 16.7. The molecule has 3 rings (SSSR count). The summed E-state index contributed by atoms with van der Waals surface area (Å²) in [6.45, 7) is 4.68. The highest BCUT2D eigenvalue weighted by atomic mass is 32.2. The number of benzene rings is 2. The molecule has 3 aromatic rings. The van der Waals surface area contributed by atoms with E-state index in [0.717, 1.165) is 10.9 Å². The van der Waals surface area contributed by atoms with Crippen LogP contribution in [-0.2, 0) is 27.9 Å². The third-order valence-electron chi connectivity index (χ3n) is 4.15. The number of rotatable bonds is 7. The molecule has 0 saturated carbocycles. The van der Waals surface area contributed by atoms with E-state index in [-0.39, 0.29) is 5.75 Å². The molecule has 0 atom stereocenters. The van der Waals surface area contributed by atoms with Gasteiger partial charge in [0.2, 0.25) is 0 Å². The predicted molar refractivity (Wildman–Crippen MR) is 104 cm³/mol. The second kappa shape index (κ2) is 8.05. The molecule has 1 aromatic heterocycles. The Bertz CT molecular complexity index is 983. The van der Waals surface area contributed by atoms with Gasteiger partial charge in [-0.05, 0) is 37.1 Å². The van der Waals surface area contributed by atoms with Crippen molar-refractivity contribution < 1.29 is 8.42 Å². The molecule has 7 heteroatoms. The Balaban J connectivity index is 1.79. The molecule has 26 heavy (non-hydrogen) atoms. The summed E-state index contributed by atoms with van der Waals surface area (Å²) >= 11 is 1.58. The maximum Gasteiger partial charge on any atom is 0.191 e. The molecule has 0 spiro atoms. The summed E-state index contributed by atoms with van der Waals surface area (Å²) in [5, 5.41) is 9.11. The molecule has 0 saturated heterocycles. The Morgan fingerprint density at radius 2 is 1.69 bits per heavy atom. The first-order valence-corrected chi connectivity index (χ1v) is 11.0. The molecule has 0 fully saturated rings. The summed E-state index contributed by atoms with van der Waals surface area (Å²) in [5.41, 5.74) is 2.47. The minimum absolute atomic E-state index is 0.150. The fourth-order valence-electron chi connectivity index (χ4n) is 2.65. The van der Waals surface area contributed by atoms with Crippen molar-refractivity contribution in [2.24, 2.45) is 0 Å². The van der Waals surface area contributed by atoms with E-state index in [4.69, 9.17) is 0 Å². The van der Waals surface area contributed by atoms with Crippen LogP contribution in [0.5, 0.6) is 0 Å². The fourth-order valence-corrected chi connectivity index (χ4v) is 5.03. The molecule has 0 aliphatic carbocycles. The average molecular weight is 388 g/mol. The van der Waals surface area contributed by atoms with E-state index in [1.807, 2.05) is 23.6 Å². The van der Waals surface area contributed by atoms with E-state index >= 15 is 0 Å². The monoisotopic (exact) mass is 387 g/mol. The van der Waals surface area contributed by atoms with Crippen LogP contribution in [0.25, 0.3) is 0 Å². The van der Waals surface area contributed by atoms with Crippen molar-refractivity contribution in [1.29, 1.82) is 0 Å². The highest BCUT2D eigenvalue weighted by molar-refractivity contribution is 7.98. The first kappa shape index (κ1) is 18.7. The topological polar surface area (TPSA) is 64.8 Å². The number of aromatic nitrogens is 3. The second-order valence-corrected chi connectivity index (χ2v) is 8.86. The average Bonchev–Trinajstić information content (AvgIpc) is 3.02. The largest absolute Gasteiger partial charge is 0.305 e. The molecule has 1 heterocycles. The summed E-state index contributed by atoms with van der Waals surface area (Å²) in [7, 11) is -3.44. The van der Waals surface area contributed by atoms with Crippen molar-refractivity contribution in [3.05, 3.63) is 71.5 Å². The van der Waals surface area contributed by atoms with Gasteiger partial charge in [-0.25, -0.2) is 8.42 Å². The van der Waals surface area contributed by atoms with E-state index in [2.05, 4.69) is 29.3 Å². The number of hydrogen-bond donors (Lipinski definition) is 0. The Morgan fingerprint density at radius 1 is 1.00 bits per heavy atom. The van der Waals surface area contributed by atoms with Gasteiger partial charge < -0.3 is 4.57 Å². The number of aryl methyl sites for hydroxylation is 1. The lowest BCUT2D eigenvalue weighted by Gasteiger charge is -2.09. The van der Waals surface area contributed by atoms with Crippen LogP contribution in [-0.4, -0.2) is 23.2 Å². The van der Waals surface area contributed by atoms with Gasteiger partial charge >= 0.3 is 0 Å². The smallest absolute Gasteiger partial charge is 0.191 e. The second-order valence-electron chi connectivity index (χ2n) is 5.93. The molecule has 2 aromatic carbocycles. The zero-order valence-electron chi connectivity index (χ0n) is 14.8. The lowest BCUT2D eigenvalue weighted by atomic mass is 10.1. The predicted octanol–water partition coefficient (Wildman–Crippen LogP) is 3.87. The summed E-state index contributed by atoms with van der Waals surface area (Å²) in [4.78, 5) is 0.305. The molecule has 0 unspecified atom stereocenters. The lowest BCUT2D eigenvalue weighted by Crippen LogP contribution is -2.11. The van der Waals surface area contributed by atoms with E-state index < -0.39 is 9.84 Å². The Hall–Kier alpha value is -2.12. The molecule has 0 N–H and O–H groups in total. The van der Waals surface area contributed by atoms with Crippen LogP contribution < -0.4 is 0 Å². The van der Waals surface area contributed by atoms with Crippen LogP contribution in [0.4, 0.5) is 0 Å². The Kier molecular flexibility index (Phi) is 5.78. The summed E-state index contributed by atoms with van der Waals surface area (Å²) < 4.78 is 27.1. The van der Waals surface area contributed by atoms with Gasteiger partial charge in [-0.2, -0.15) is 0 Å². The van der Waals surface area contributed by atoms with Crippen LogP contribution >= 0.6 is 11.8 Å². The third-order valence-corrected chi connectivity index (χ3v) is 6.79. The van der Waals surface area contributed by atoms with E-state index in [1.54, 1.807) is 42.1 Å². The standard InChI is InChI=1S/C19H21N3O2S2/c1-3-22-18(14-26(23,24)17-11-5-4-6-12-17)20-21-19(22)25-13-16-10-8-7-9-15(16)2/h4-12H,3,13-14H2,1-2H3. The van der Waals surface area contributed by atoms with Crippen molar-refractivity contribution in [2.45, 2.75) is 41.9 Å². The van der Waals surface area contributed by atoms with Gasteiger partial charge in [0.05, 0.1) is 4.90 Å². The molecular weight excluding hydrogens is 366 g/mol. The number of nitrogens with zero attached hydrogens (tertiary/aromatic N) is 3. The van der Waals surface area contributed by atoms with Crippen LogP contribution in [0.2, 0.25) is 0 Å². The molecule has 0 amide bonds. The molecule has 0 radical (unpaired) electrons. The van der Waals surface area contributed by atoms with Crippen molar-refractivity contribution in [2.75, 3.05) is 0 Å². The third kappa shape index (κ3) is 4.16. The summed E-state index contributed by atoms with van der Waals surface area (Å²) in [6.07, 6.45) is 0. The van der Waals surface area contributed by atoms with Gasteiger partial charge in [-0.15, -0.1) is 10.2 Å². The molecule has 0 bridgehead atoms. The fraction of sp³-hybridized carbons (Fsp3) is 0.263. The maximum atomic E-state index is 12.6. The van der Waals surface area contributed by atoms with Crippen LogP contribution in [0.3, 0.4) is 0 Å². The van der Waals surface area contributed by atoms with Crippen LogP contribution in [0, 0.1) is 6.92 Å². The van der Waals surface area contributed by atoms with Gasteiger partial charge in [-0.3, -0.25) is 0 Å². The SMILES string of the molecule is CCn1c(CS(=O)(=O)c2ccccc2)nnc1SCc1ccccc1C. The van der Waals surface area contributed by atoms with E-state index in [0.29, 0.717) is 17.3 Å². The molecule has 0 aliphatic rings. The van der Waals surface area contributed by atoms with Crippen molar-refractivity contribution in [3.63, 3.8) is 0 Å². The normalized spacial score (nSPS) is 11.6. The zero-order valence-corrected chi connectivity index (χ0v) is 16.4. The van der Waals surface area contributed by atoms with Gasteiger partial charge in [-0.1, -0.05) is 54.2 Å². The maximum absolute atomic E-state index is 12.6. The van der Waals surface area contributed by atoms with Gasteiger partial charge in [0, 0.05) is 12.3 Å². The number of hydrogen-bond acceptors (Lipinski definition) is 5. The lowest BCUT2D eigenvalue weighted by molar-refractivity contribution is 0.588.